The van der Waals surface area contributed by atoms with Crippen molar-refractivity contribution < 1.29 is 14.7 Å². The predicted octanol–water partition coefficient (Wildman–Crippen LogP) is 1.69. The van der Waals surface area contributed by atoms with Crippen molar-refractivity contribution in [2.24, 2.45) is 0 Å². The molecular formula is C18H19N5O3. The number of aromatic nitrogens is 4. The summed E-state index contributed by atoms with van der Waals surface area (Å²) in [6.07, 6.45) is 0.416. The summed E-state index contributed by atoms with van der Waals surface area (Å²) in [5.41, 5.74) is 2.97. The molecule has 2 N–H and O–H groups in total. The van der Waals surface area contributed by atoms with Crippen LogP contribution in [0.1, 0.15) is 39.6 Å². The van der Waals surface area contributed by atoms with E-state index in [-0.39, 0.29) is 18.9 Å². The molecule has 0 spiro atoms. The van der Waals surface area contributed by atoms with Crippen LogP contribution in [0.15, 0.2) is 30.3 Å². The maximum Gasteiger partial charge on any atom is 0.303 e. The maximum absolute atomic E-state index is 12.1. The molecule has 1 aromatic carbocycles. The van der Waals surface area contributed by atoms with Gasteiger partial charge in [-0.15, -0.1) is 5.10 Å². The lowest BCUT2D eigenvalue weighted by Gasteiger charge is -2.08. The Hall–Kier alpha value is -3.29. The van der Waals surface area contributed by atoms with Crippen LogP contribution < -0.4 is 5.32 Å². The van der Waals surface area contributed by atoms with Gasteiger partial charge in [0.2, 0.25) is 0 Å². The second kappa shape index (κ2) is 7.30. The van der Waals surface area contributed by atoms with Crippen molar-refractivity contribution in [3.63, 3.8) is 0 Å². The van der Waals surface area contributed by atoms with Crippen LogP contribution in [-0.2, 0) is 17.8 Å². The number of nitrogens with one attached hydrogen (secondary N) is 1. The summed E-state index contributed by atoms with van der Waals surface area (Å²) in [5.74, 6) is -0.179. The lowest BCUT2D eigenvalue weighted by molar-refractivity contribution is -0.136. The third kappa shape index (κ3) is 3.69. The van der Waals surface area contributed by atoms with E-state index < -0.39 is 5.97 Å². The number of aryl methyl sites for hydroxylation is 2. The first-order valence-corrected chi connectivity index (χ1v) is 8.22. The number of carbonyl (C=O) groups excluding carboxylic acids is 1. The number of amides is 1. The highest BCUT2D eigenvalue weighted by molar-refractivity contribution is 5.93. The minimum atomic E-state index is -0.855. The smallest absolute Gasteiger partial charge is 0.303 e. The van der Waals surface area contributed by atoms with Crippen molar-refractivity contribution in [3.05, 3.63) is 58.7 Å². The standard InChI is InChI=1S/C18H19N5O3/c1-11-14(8-9-16(24)25)12(2)23-18(20-11)21-15(22-23)10-19-17(26)13-6-4-3-5-7-13/h3-7H,8-10H2,1-2H3,(H,19,26)(H,24,25). The zero-order valence-corrected chi connectivity index (χ0v) is 14.6. The van der Waals surface area contributed by atoms with E-state index in [1.807, 2.05) is 19.9 Å². The first-order chi connectivity index (χ1) is 12.5. The van der Waals surface area contributed by atoms with E-state index in [0.717, 1.165) is 17.0 Å². The third-order valence-electron chi connectivity index (χ3n) is 4.12. The molecule has 0 saturated carbocycles. The molecule has 0 bridgehead atoms. The van der Waals surface area contributed by atoms with Crippen molar-refractivity contribution >= 4 is 17.7 Å². The molecule has 8 heteroatoms. The van der Waals surface area contributed by atoms with E-state index in [2.05, 4.69) is 20.4 Å². The largest absolute Gasteiger partial charge is 0.481 e. The van der Waals surface area contributed by atoms with Gasteiger partial charge in [0.15, 0.2) is 5.82 Å². The Bertz CT molecular complexity index is 966. The van der Waals surface area contributed by atoms with Gasteiger partial charge in [-0.3, -0.25) is 9.59 Å². The Morgan fingerprint density at radius 3 is 2.58 bits per heavy atom. The molecule has 0 aliphatic carbocycles. The molecule has 0 radical (unpaired) electrons. The van der Waals surface area contributed by atoms with Gasteiger partial charge in [-0.25, -0.2) is 9.50 Å². The molecule has 2 aromatic heterocycles. The number of rotatable bonds is 6. The lowest BCUT2D eigenvalue weighted by Crippen LogP contribution is -2.23. The number of hydrogen-bond acceptors (Lipinski definition) is 5. The Morgan fingerprint density at radius 2 is 1.88 bits per heavy atom. The predicted molar refractivity (Wildman–Crippen MR) is 93.8 cm³/mol. The van der Waals surface area contributed by atoms with E-state index in [1.165, 1.54) is 0 Å². The van der Waals surface area contributed by atoms with Gasteiger partial charge in [-0.1, -0.05) is 18.2 Å². The Balaban J connectivity index is 1.79. The molecule has 0 atom stereocenters. The second-order valence-corrected chi connectivity index (χ2v) is 5.94. The van der Waals surface area contributed by atoms with Crippen molar-refractivity contribution in [2.75, 3.05) is 0 Å². The fourth-order valence-electron chi connectivity index (χ4n) is 2.77. The van der Waals surface area contributed by atoms with Crippen LogP contribution in [0.3, 0.4) is 0 Å². The normalized spacial score (nSPS) is 10.8. The highest BCUT2D eigenvalue weighted by Gasteiger charge is 2.15. The second-order valence-electron chi connectivity index (χ2n) is 5.94. The van der Waals surface area contributed by atoms with Crippen LogP contribution in [0, 0.1) is 13.8 Å². The number of benzene rings is 1. The molecule has 0 unspecified atom stereocenters. The number of carbonyl (C=O) groups is 2. The Labute approximate surface area is 149 Å². The van der Waals surface area contributed by atoms with Crippen LogP contribution in [-0.4, -0.2) is 36.6 Å². The number of aliphatic carboxylic acids is 1. The number of carboxylic acid groups (broad SMARTS) is 1. The SMILES string of the molecule is Cc1nc2nc(CNC(=O)c3ccccc3)nn2c(C)c1CCC(=O)O. The molecule has 0 fully saturated rings. The first kappa shape index (κ1) is 17.5. The minimum absolute atomic E-state index is 0.0313. The zero-order chi connectivity index (χ0) is 18.7. The fraction of sp³-hybridized carbons (Fsp3) is 0.278. The highest BCUT2D eigenvalue weighted by Crippen LogP contribution is 2.15. The summed E-state index contributed by atoms with van der Waals surface area (Å²) in [4.78, 5) is 31.7. The summed E-state index contributed by atoms with van der Waals surface area (Å²) in [6, 6.07) is 8.91. The van der Waals surface area contributed by atoms with Gasteiger partial charge in [0.1, 0.15) is 0 Å². The molecule has 2 heterocycles. The molecule has 0 aliphatic heterocycles. The number of nitrogens with zero attached hydrogens (tertiary/aromatic N) is 4. The highest BCUT2D eigenvalue weighted by atomic mass is 16.4. The van der Waals surface area contributed by atoms with Crippen LogP contribution in [0.5, 0.6) is 0 Å². The van der Waals surface area contributed by atoms with E-state index >= 15 is 0 Å². The molecule has 0 aliphatic rings. The van der Waals surface area contributed by atoms with Gasteiger partial charge in [0, 0.05) is 23.4 Å². The summed E-state index contributed by atoms with van der Waals surface area (Å²) < 4.78 is 1.59. The molecule has 3 rings (SSSR count). The Morgan fingerprint density at radius 1 is 1.15 bits per heavy atom. The number of hydrogen-bond donors (Lipinski definition) is 2. The van der Waals surface area contributed by atoms with E-state index in [4.69, 9.17) is 5.11 Å². The van der Waals surface area contributed by atoms with Gasteiger partial charge in [-0.05, 0) is 38.0 Å². The van der Waals surface area contributed by atoms with Crippen molar-refractivity contribution in [2.45, 2.75) is 33.2 Å². The molecule has 26 heavy (non-hydrogen) atoms. The van der Waals surface area contributed by atoms with Gasteiger partial charge in [0.25, 0.3) is 11.7 Å². The van der Waals surface area contributed by atoms with E-state index in [0.29, 0.717) is 23.6 Å². The summed E-state index contributed by atoms with van der Waals surface area (Å²) in [7, 11) is 0. The van der Waals surface area contributed by atoms with Crippen LogP contribution in [0.4, 0.5) is 0 Å². The maximum atomic E-state index is 12.1. The summed E-state index contributed by atoms with van der Waals surface area (Å²) >= 11 is 0. The van der Waals surface area contributed by atoms with E-state index in [1.54, 1.807) is 28.8 Å². The Kier molecular flexibility index (Phi) is 4.92. The van der Waals surface area contributed by atoms with Crippen LogP contribution in [0.2, 0.25) is 0 Å². The number of fused-ring (bicyclic) bond motifs is 1. The molecule has 3 aromatic rings. The molecule has 134 valence electrons. The van der Waals surface area contributed by atoms with Crippen LogP contribution >= 0.6 is 0 Å². The van der Waals surface area contributed by atoms with Gasteiger partial charge < -0.3 is 10.4 Å². The van der Waals surface area contributed by atoms with E-state index in [9.17, 15) is 9.59 Å². The summed E-state index contributed by atoms with van der Waals surface area (Å²) in [6.45, 7) is 3.87. The van der Waals surface area contributed by atoms with Crippen molar-refractivity contribution in [3.8, 4) is 0 Å². The number of carboxylic acids is 1. The lowest BCUT2D eigenvalue weighted by atomic mass is 10.1. The molecule has 0 saturated heterocycles. The average molecular weight is 353 g/mol. The average Bonchev–Trinajstić information content (AvgIpc) is 3.03. The molecule has 8 nitrogen and oxygen atoms in total. The first-order valence-electron chi connectivity index (χ1n) is 8.22. The third-order valence-corrected chi connectivity index (χ3v) is 4.12. The van der Waals surface area contributed by atoms with Gasteiger partial charge >= 0.3 is 5.97 Å². The van der Waals surface area contributed by atoms with Crippen LogP contribution in [0.25, 0.3) is 5.78 Å². The van der Waals surface area contributed by atoms with Crippen molar-refractivity contribution in [1.29, 1.82) is 0 Å². The molecular weight excluding hydrogens is 334 g/mol. The molecule has 1 amide bonds. The van der Waals surface area contributed by atoms with Crippen molar-refractivity contribution in [1.82, 2.24) is 24.9 Å². The van der Waals surface area contributed by atoms with Gasteiger partial charge in [0.05, 0.1) is 6.54 Å². The summed E-state index contributed by atoms with van der Waals surface area (Å²) in [5, 5.41) is 16.1. The minimum Gasteiger partial charge on any atom is -0.481 e. The van der Waals surface area contributed by atoms with Gasteiger partial charge in [-0.2, -0.15) is 4.98 Å². The topological polar surface area (TPSA) is 109 Å². The quantitative estimate of drug-likeness (QED) is 0.698. The monoisotopic (exact) mass is 353 g/mol. The fourth-order valence-corrected chi connectivity index (χ4v) is 2.77. The zero-order valence-electron chi connectivity index (χ0n) is 14.6.